The molecule has 0 N–H and O–H groups in total. The highest BCUT2D eigenvalue weighted by Gasteiger charge is 2.47. The van der Waals surface area contributed by atoms with E-state index in [0.29, 0.717) is 0 Å². The van der Waals surface area contributed by atoms with Crippen LogP contribution >= 0.6 is 0 Å². The summed E-state index contributed by atoms with van der Waals surface area (Å²) in [4.78, 5) is 5.49. The lowest BCUT2D eigenvalue weighted by atomic mass is 9.33. The summed E-state index contributed by atoms with van der Waals surface area (Å²) in [6, 6.07) is 145. The highest BCUT2D eigenvalue weighted by molar-refractivity contribution is 7.00. The molecule has 0 spiro atoms. The van der Waals surface area contributed by atoms with Gasteiger partial charge in [0.25, 0.3) is 6.71 Å². The van der Waals surface area contributed by atoms with Crippen LogP contribution in [0.25, 0.3) is 149 Å². The zero-order chi connectivity index (χ0) is 81.0. The van der Waals surface area contributed by atoms with Crippen molar-refractivity contribution in [1.29, 1.82) is 0 Å². The normalized spacial score (nSPS) is 12.8. The standard InChI is InChI=1S/C114H90BN5/c1-112(2,3)81-53-61-101-95(67-81)96-68-82(113(4,5)6)54-62-102(96)116(101)85-55-59-97-103(71-85)119(108-91(75-39-21-12-22-40-75)63-79(73-35-17-10-18-36-73)64-92(108)76-41-23-13-24-42-76)105-69-83(114(7,8)9)70-106-107(105)115(97)98-60-56-86(118-100-52-34-32-50-88(100)90-58-57-89-87-49-31-33-51-99(87)117(110(89)111(90)118)84-47-29-16-30-48-84)72-104(98)120(106)109-93(77-43-25-14-26-44-77)65-80(74-37-19-11-20-38-74)66-94(109)78-45-27-15-28-46-78/h10-72H,1-9H3. The van der Waals surface area contributed by atoms with Crippen LogP contribution in [-0.2, 0) is 16.2 Å². The van der Waals surface area contributed by atoms with Crippen LogP contribution in [0.5, 0.6) is 0 Å². The van der Waals surface area contributed by atoms with E-state index in [2.05, 4.69) is 468 Å². The number of hydrogen-bond donors (Lipinski definition) is 0. The number of aromatic nitrogens is 3. The van der Waals surface area contributed by atoms with E-state index in [9.17, 15) is 0 Å². The first-order valence-electron chi connectivity index (χ1n) is 42.3. The van der Waals surface area contributed by atoms with Gasteiger partial charge in [0, 0.05) is 94.4 Å². The molecule has 0 unspecified atom stereocenters. The lowest BCUT2D eigenvalue weighted by Crippen LogP contribution is -2.61. The van der Waals surface area contributed by atoms with Crippen LogP contribution in [-0.4, -0.2) is 20.4 Å². The molecule has 22 rings (SSSR count). The van der Waals surface area contributed by atoms with E-state index in [-0.39, 0.29) is 17.5 Å². The molecule has 0 amide bonds. The minimum Gasteiger partial charge on any atom is -0.310 e. The molecule has 0 saturated heterocycles. The molecular weight excluding hydrogens is 1450 g/mol. The molecule has 0 bridgehead atoms. The van der Waals surface area contributed by atoms with E-state index >= 15 is 0 Å². The zero-order valence-electron chi connectivity index (χ0n) is 69.2. The summed E-state index contributed by atoms with van der Waals surface area (Å²) in [7, 11) is 0. The molecule has 6 heteroatoms. The molecule has 0 fully saturated rings. The van der Waals surface area contributed by atoms with E-state index in [1.807, 2.05) is 0 Å². The number of para-hydroxylation sites is 3. The van der Waals surface area contributed by atoms with Gasteiger partial charge in [0.1, 0.15) is 0 Å². The Hall–Kier alpha value is -14.2. The fraction of sp³-hybridized carbons (Fsp3) is 0.105. The maximum atomic E-state index is 2.75. The third kappa shape index (κ3) is 11.7. The van der Waals surface area contributed by atoms with E-state index < -0.39 is 5.41 Å². The van der Waals surface area contributed by atoms with Crippen LogP contribution in [0, 0.1) is 0 Å². The molecule has 0 saturated carbocycles. The zero-order valence-corrected chi connectivity index (χ0v) is 69.2. The lowest BCUT2D eigenvalue weighted by Gasteiger charge is -2.46. The summed E-state index contributed by atoms with van der Waals surface area (Å²) in [6.45, 7) is 20.9. The van der Waals surface area contributed by atoms with Crippen molar-refractivity contribution in [3.05, 3.63) is 399 Å². The van der Waals surface area contributed by atoms with Gasteiger partial charge >= 0.3 is 0 Å². The number of fused-ring (bicyclic) bond motifs is 14. The Morgan fingerprint density at radius 3 is 0.892 bits per heavy atom. The number of benzene rings is 17. The number of rotatable bonds is 11. The number of anilines is 6. The molecule has 20 aromatic rings. The largest absolute Gasteiger partial charge is 0.310 e. The molecule has 0 radical (unpaired) electrons. The minimum atomic E-state index is -0.391. The molecule has 0 aliphatic carbocycles. The average molecular weight is 1540 g/mol. The molecule has 3 aromatic heterocycles. The molecule has 5 nitrogen and oxygen atoms in total. The summed E-state index contributed by atoms with van der Waals surface area (Å²) >= 11 is 0. The second kappa shape index (κ2) is 27.7. The Bertz CT molecular complexity index is 7290. The topological polar surface area (TPSA) is 21.3 Å². The van der Waals surface area contributed by atoms with Gasteiger partial charge < -0.3 is 23.5 Å². The van der Waals surface area contributed by atoms with E-state index in [1.165, 1.54) is 76.4 Å². The molecule has 574 valence electrons. The minimum absolute atomic E-state index is 0.0815. The van der Waals surface area contributed by atoms with Gasteiger partial charge in [-0.15, -0.1) is 0 Å². The Morgan fingerprint density at radius 2 is 0.525 bits per heavy atom. The molecule has 0 atom stereocenters. The van der Waals surface area contributed by atoms with Gasteiger partial charge in [-0.25, -0.2) is 0 Å². The van der Waals surface area contributed by atoms with E-state index in [1.54, 1.807) is 0 Å². The van der Waals surface area contributed by atoms with Gasteiger partial charge in [-0.1, -0.05) is 335 Å². The molecule has 120 heavy (non-hydrogen) atoms. The van der Waals surface area contributed by atoms with Crippen LogP contribution in [0.2, 0.25) is 0 Å². The molecule has 2 aliphatic rings. The van der Waals surface area contributed by atoms with Crippen molar-refractivity contribution < 1.29 is 0 Å². The van der Waals surface area contributed by atoms with Crippen molar-refractivity contribution in [3.8, 4) is 83.8 Å². The second-order valence-electron chi connectivity index (χ2n) is 36.0. The molecule has 17 aromatic carbocycles. The van der Waals surface area contributed by atoms with Crippen LogP contribution in [0.15, 0.2) is 382 Å². The average Bonchev–Trinajstić information content (AvgIpc) is 1.22. The SMILES string of the molecule is CC(C)(C)c1cc2c3c(c1)N(c1c(-c4ccccc4)cc(-c4ccccc4)cc1-c1ccccc1)c1cc(-n4c5ccccc5c5ccc6c7ccccc7n(-c7ccccc7)c6c54)ccc1B3c1ccc(-n3c4ccc(C(C)(C)C)cc4c4cc(C(C)(C)C)ccc43)cc1N2c1c(-c2ccccc2)cc(-c2ccccc2)cc1-c1ccccc1. The number of hydrogen-bond acceptors (Lipinski definition) is 2. The van der Waals surface area contributed by atoms with Crippen LogP contribution in [0.4, 0.5) is 34.1 Å². The summed E-state index contributed by atoms with van der Waals surface area (Å²) in [6.07, 6.45) is 0. The summed E-state index contributed by atoms with van der Waals surface area (Å²) in [5.74, 6) is 0. The van der Waals surface area contributed by atoms with Gasteiger partial charge in [-0.05, 0) is 203 Å². The van der Waals surface area contributed by atoms with E-state index in [0.717, 1.165) is 140 Å². The molecule has 2 aliphatic heterocycles. The maximum absolute atomic E-state index is 2.75. The fourth-order valence-electron chi connectivity index (χ4n) is 19.7. The summed E-state index contributed by atoms with van der Waals surface area (Å²) in [5.41, 5.74) is 37.3. The third-order valence-corrected chi connectivity index (χ3v) is 25.6. The highest BCUT2D eigenvalue weighted by atomic mass is 15.2. The maximum Gasteiger partial charge on any atom is 0.252 e. The van der Waals surface area contributed by atoms with Gasteiger partial charge in [-0.3, -0.25) is 0 Å². The first-order chi connectivity index (χ1) is 58.5. The Morgan fingerprint density at radius 1 is 0.208 bits per heavy atom. The van der Waals surface area contributed by atoms with Gasteiger partial charge in [0.05, 0.1) is 44.5 Å². The fourth-order valence-corrected chi connectivity index (χ4v) is 19.7. The van der Waals surface area contributed by atoms with Gasteiger partial charge in [0.2, 0.25) is 0 Å². The Balaban J connectivity index is 0.923. The van der Waals surface area contributed by atoms with E-state index in [4.69, 9.17) is 0 Å². The van der Waals surface area contributed by atoms with Crippen molar-refractivity contribution >= 4 is 123 Å². The quantitative estimate of drug-likeness (QED) is 0.120. The van der Waals surface area contributed by atoms with Gasteiger partial charge in [-0.2, -0.15) is 0 Å². The van der Waals surface area contributed by atoms with Crippen molar-refractivity contribution in [2.24, 2.45) is 0 Å². The van der Waals surface area contributed by atoms with Crippen molar-refractivity contribution in [1.82, 2.24) is 13.7 Å². The van der Waals surface area contributed by atoms with Crippen molar-refractivity contribution in [2.45, 2.75) is 78.6 Å². The van der Waals surface area contributed by atoms with Crippen LogP contribution in [0.1, 0.15) is 79.0 Å². The first-order valence-corrected chi connectivity index (χ1v) is 42.3. The summed E-state index contributed by atoms with van der Waals surface area (Å²) in [5, 5.41) is 7.30. The second-order valence-corrected chi connectivity index (χ2v) is 36.0. The van der Waals surface area contributed by atoms with Crippen molar-refractivity contribution in [3.63, 3.8) is 0 Å². The Kier molecular flexibility index (Phi) is 16.7. The predicted octanol–water partition coefficient (Wildman–Crippen LogP) is 29.0. The molecule has 5 heterocycles. The first kappa shape index (κ1) is 72.3. The van der Waals surface area contributed by atoms with Crippen LogP contribution < -0.4 is 26.2 Å². The number of nitrogens with zero attached hydrogens (tertiary/aromatic N) is 5. The van der Waals surface area contributed by atoms with Gasteiger partial charge in [0.15, 0.2) is 0 Å². The molecular formula is C114H90BN5. The summed E-state index contributed by atoms with van der Waals surface area (Å²) < 4.78 is 7.68. The smallest absolute Gasteiger partial charge is 0.252 e. The Labute approximate surface area is 702 Å². The third-order valence-electron chi connectivity index (χ3n) is 25.6. The lowest BCUT2D eigenvalue weighted by molar-refractivity contribution is 0.590. The monoisotopic (exact) mass is 1540 g/mol. The van der Waals surface area contributed by atoms with Crippen LogP contribution in [0.3, 0.4) is 0 Å². The highest BCUT2D eigenvalue weighted by Crippen LogP contribution is 2.57. The predicted molar refractivity (Wildman–Crippen MR) is 512 cm³/mol. The van der Waals surface area contributed by atoms with Crippen molar-refractivity contribution in [2.75, 3.05) is 9.80 Å².